The van der Waals surface area contributed by atoms with Crippen LogP contribution in [0.15, 0.2) is 36.4 Å². The summed E-state index contributed by atoms with van der Waals surface area (Å²) >= 11 is 0. The van der Waals surface area contributed by atoms with Crippen molar-refractivity contribution in [2.75, 3.05) is 24.3 Å². The van der Waals surface area contributed by atoms with Crippen molar-refractivity contribution in [1.82, 2.24) is 0 Å². The molecule has 0 aliphatic heterocycles. The van der Waals surface area contributed by atoms with Gasteiger partial charge in [0.2, 0.25) is 0 Å². The molecule has 0 radical (unpaired) electrons. The highest BCUT2D eigenvalue weighted by Crippen LogP contribution is 2.33. The summed E-state index contributed by atoms with van der Waals surface area (Å²) in [4.78, 5) is 2.17. The van der Waals surface area contributed by atoms with E-state index in [1.807, 2.05) is 0 Å². The maximum Gasteiger partial charge on any atom is 0.0676 e. The maximum atomic E-state index is 3.51. The second-order valence-electron chi connectivity index (χ2n) is 4.88. The summed E-state index contributed by atoms with van der Waals surface area (Å²) in [7, 11) is 4.18. The summed E-state index contributed by atoms with van der Waals surface area (Å²) in [6.45, 7) is 4.32. The lowest BCUT2D eigenvalue weighted by molar-refractivity contribution is 0.898. The van der Waals surface area contributed by atoms with Gasteiger partial charge in [-0.15, -0.1) is 0 Å². The molecule has 0 fully saturated rings. The molecule has 0 saturated carbocycles. The maximum absolute atomic E-state index is 3.51. The van der Waals surface area contributed by atoms with Crippen LogP contribution in [0.1, 0.15) is 13.8 Å². The number of nitrogens with zero attached hydrogens (tertiary/aromatic N) is 1. The van der Waals surface area contributed by atoms with E-state index >= 15 is 0 Å². The van der Waals surface area contributed by atoms with Crippen molar-refractivity contribution in [3.8, 4) is 0 Å². The summed E-state index contributed by atoms with van der Waals surface area (Å²) in [5, 5.41) is 6.08. The van der Waals surface area contributed by atoms with E-state index < -0.39 is 0 Å². The molecule has 0 bridgehead atoms. The Morgan fingerprint density at radius 2 is 1.71 bits per heavy atom. The Morgan fingerprint density at radius 3 is 2.35 bits per heavy atom. The van der Waals surface area contributed by atoms with Crippen LogP contribution in [0.2, 0.25) is 0 Å². The lowest BCUT2D eigenvalue weighted by Crippen LogP contribution is -2.16. The second-order valence-corrected chi connectivity index (χ2v) is 4.88. The third-order valence-corrected chi connectivity index (χ3v) is 2.79. The highest BCUT2D eigenvalue weighted by molar-refractivity contribution is 6.00. The van der Waals surface area contributed by atoms with Gasteiger partial charge in [-0.1, -0.05) is 30.3 Å². The zero-order chi connectivity index (χ0) is 12.4. The van der Waals surface area contributed by atoms with Crippen molar-refractivity contribution in [2.45, 2.75) is 19.9 Å². The van der Waals surface area contributed by atoms with Gasteiger partial charge >= 0.3 is 0 Å². The fraction of sp³-hybridized carbons (Fsp3) is 0.333. The van der Waals surface area contributed by atoms with Gasteiger partial charge in [0, 0.05) is 25.5 Å². The van der Waals surface area contributed by atoms with Gasteiger partial charge in [0.1, 0.15) is 0 Å². The number of nitrogens with one attached hydrogen (secondary N) is 1. The Balaban J connectivity index is 2.64. The molecule has 2 heteroatoms. The zero-order valence-electron chi connectivity index (χ0n) is 11.0. The van der Waals surface area contributed by atoms with Crippen molar-refractivity contribution in [3.05, 3.63) is 36.4 Å². The largest absolute Gasteiger partial charge is 0.381 e. The Bertz CT molecular complexity index is 515. The van der Waals surface area contributed by atoms with E-state index in [-0.39, 0.29) is 0 Å². The van der Waals surface area contributed by atoms with Gasteiger partial charge in [0.25, 0.3) is 0 Å². The van der Waals surface area contributed by atoms with E-state index in [0.29, 0.717) is 6.04 Å². The van der Waals surface area contributed by atoms with Gasteiger partial charge in [0.05, 0.1) is 11.4 Å². The summed E-state index contributed by atoms with van der Waals surface area (Å²) in [6, 6.07) is 13.3. The number of benzene rings is 2. The van der Waals surface area contributed by atoms with Crippen molar-refractivity contribution in [3.63, 3.8) is 0 Å². The Kier molecular flexibility index (Phi) is 3.23. The molecular weight excluding hydrogens is 208 g/mol. The molecule has 0 heterocycles. The lowest BCUT2D eigenvalue weighted by atomic mass is 10.1. The highest BCUT2D eigenvalue weighted by atomic mass is 15.1. The van der Waals surface area contributed by atoms with Gasteiger partial charge in [-0.25, -0.2) is 0 Å². The van der Waals surface area contributed by atoms with Gasteiger partial charge in [-0.3, -0.25) is 0 Å². The van der Waals surface area contributed by atoms with Crippen LogP contribution in [0, 0.1) is 0 Å². The first-order chi connectivity index (χ1) is 8.09. The summed E-state index contributed by atoms with van der Waals surface area (Å²) in [6.07, 6.45) is 0. The average molecular weight is 228 g/mol. The quantitative estimate of drug-likeness (QED) is 0.861. The molecule has 0 atom stereocenters. The molecule has 0 aliphatic rings. The molecule has 0 aromatic heterocycles. The number of hydrogen-bond donors (Lipinski definition) is 1. The molecule has 2 nitrogen and oxygen atoms in total. The van der Waals surface area contributed by atoms with Crippen LogP contribution < -0.4 is 10.2 Å². The van der Waals surface area contributed by atoms with Crippen molar-refractivity contribution >= 4 is 22.1 Å². The topological polar surface area (TPSA) is 15.3 Å². The Hall–Kier alpha value is -1.70. The standard InChI is InChI=1S/C15H20N2/c1-11(2)16-14-10-9-12-7-5-6-8-13(12)15(14)17(3)4/h5-11,16H,1-4H3. The zero-order valence-corrected chi connectivity index (χ0v) is 11.0. The second kappa shape index (κ2) is 4.66. The third-order valence-electron chi connectivity index (χ3n) is 2.79. The molecular formula is C15H20N2. The van der Waals surface area contributed by atoms with E-state index in [1.165, 1.54) is 22.1 Å². The number of fused-ring (bicyclic) bond motifs is 1. The van der Waals surface area contributed by atoms with E-state index in [0.717, 1.165) is 0 Å². The third kappa shape index (κ3) is 2.36. The highest BCUT2D eigenvalue weighted by Gasteiger charge is 2.09. The fourth-order valence-electron chi connectivity index (χ4n) is 2.16. The smallest absolute Gasteiger partial charge is 0.0676 e. The molecule has 0 aliphatic carbocycles. The monoisotopic (exact) mass is 228 g/mol. The van der Waals surface area contributed by atoms with Gasteiger partial charge in [-0.05, 0) is 25.3 Å². The van der Waals surface area contributed by atoms with Gasteiger partial charge in [-0.2, -0.15) is 0 Å². The van der Waals surface area contributed by atoms with Crippen LogP contribution in [0.25, 0.3) is 10.8 Å². The van der Waals surface area contributed by atoms with Gasteiger partial charge < -0.3 is 10.2 Å². The minimum Gasteiger partial charge on any atom is -0.381 e. The summed E-state index contributed by atoms with van der Waals surface area (Å²) in [5.74, 6) is 0. The molecule has 0 unspecified atom stereocenters. The van der Waals surface area contributed by atoms with Crippen molar-refractivity contribution in [1.29, 1.82) is 0 Å². The van der Waals surface area contributed by atoms with E-state index in [4.69, 9.17) is 0 Å². The van der Waals surface area contributed by atoms with E-state index in [9.17, 15) is 0 Å². The summed E-state index contributed by atoms with van der Waals surface area (Å²) in [5.41, 5.74) is 2.46. The van der Waals surface area contributed by atoms with Crippen LogP contribution >= 0.6 is 0 Å². The molecule has 1 N–H and O–H groups in total. The van der Waals surface area contributed by atoms with Crippen LogP contribution in [0.3, 0.4) is 0 Å². The first kappa shape index (κ1) is 11.8. The predicted molar refractivity (Wildman–Crippen MR) is 77.0 cm³/mol. The summed E-state index contributed by atoms with van der Waals surface area (Å²) < 4.78 is 0. The normalized spacial score (nSPS) is 10.9. The van der Waals surface area contributed by atoms with E-state index in [1.54, 1.807) is 0 Å². The molecule has 2 aromatic carbocycles. The first-order valence-corrected chi connectivity index (χ1v) is 6.05. The van der Waals surface area contributed by atoms with Crippen LogP contribution in [-0.4, -0.2) is 20.1 Å². The SMILES string of the molecule is CC(C)Nc1ccc2ccccc2c1N(C)C. The molecule has 0 amide bonds. The Morgan fingerprint density at radius 1 is 1.00 bits per heavy atom. The van der Waals surface area contributed by atoms with Crippen LogP contribution in [0.5, 0.6) is 0 Å². The van der Waals surface area contributed by atoms with Crippen LogP contribution in [0.4, 0.5) is 11.4 Å². The number of anilines is 2. The minimum absolute atomic E-state index is 0.440. The lowest BCUT2D eigenvalue weighted by Gasteiger charge is -2.22. The molecule has 0 spiro atoms. The minimum atomic E-state index is 0.440. The Labute approximate surface area is 103 Å². The molecule has 90 valence electrons. The fourth-order valence-corrected chi connectivity index (χ4v) is 2.16. The van der Waals surface area contributed by atoms with E-state index in [2.05, 4.69) is 74.6 Å². The number of hydrogen-bond acceptors (Lipinski definition) is 2. The average Bonchev–Trinajstić information content (AvgIpc) is 2.27. The molecule has 0 saturated heterocycles. The van der Waals surface area contributed by atoms with Crippen molar-refractivity contribution in [2.24, 2.45) is 0 Å². The predicted octanol–water partition coefficient (Wildman–Crippen LogP) is 3.73. The van der Waals surface area contributed by atoms with Crippen molar-refractivity contribution < 1.29 is 0 Å². The molecule has 17 heavy (non-hydrogen) atoms. The van der Waals surface area contributed by atoms with Crippen LogP contribution in [-0.2, 0) is 0 Å². The molecule has 2 aromatic rings. The number of rotatable bonds is 3. The molecule has 2 rings (SSSR count). The van der Waals surface area contributed by atoms with Gasteiger partial charge in [0.15, 0.2) is 0 Å². The first-order valence-electron chi connectivity index (χ1n) is 6.05.